The Hall–Kier alpha value is -0.200. The van der Waals surface area contributed by atoms with Crippen LogP contribution in [-0.2, 0) is 24.0 Å². The van der Waals surface area contributed by atoms with Gasteiger partial charge >= 0.3 is 0 Å². The van der Waals surface area contributed by atoms with Gasteiger partial charge < -0.3 is 14.2 Å². The van der Waals surface area contributed by atoms with Crippen LogP contribution in [0, 0.1) is 23.7 Å². The molecule has 22 heavy (non-hydrogen) atoms. The minimum Gasteiger partial charge on any atom is -0.353 e. The highest BCUT2D eigenvalue weighted by Gasteiger charge is 2.69. The first-order valence-corrected chi connectivity index (χ1v) is 8.82. The normalized spacial score (nSPS) is 57.3. The molecule has 2 unspecified atom stereocenters. The van der Waals surface area contributed by atoms with Crippen molar-refractivity contribution in [2.24, 2.45) is 23.7 Å². The fourth-order valence-electron chi connectivity index (χ4n) is 5.23. The van der Waals surface area contributed by atoms with Crippen LogP contribution >= 0.6 is 0 Å². The van der Waals surface area contributed by atoms with Crippen LogP contribution in [0.2, 0.25) is 0 Å². The van der Waals surface area contributed by atoms with Gasteiger partial charge in [0.15, 0.2) is 18.2 Å². The molecule has 0 aromatic carbocycles. The van der Waals surface area contributed by atoms with Crippen molar-refractivity contribution in [3.05, 3.63) is 0 Å². The Labute approximate surface area is 132 Å². The summed E-state index contributed by atoms with van der Waals surface area (Å²) >= 11 is 0. The van der Waals surface area contributed by atoms with Gasteiger partial charge in [-0.2, -0.15) is 0 Å². The lowest BCUT2D eigenvalue weighted by Gasteiger charge is -2.60. The second-order valence-electron chi connectivity index (χ2n) is 7.73. The number of rotatable bonds is 2. The summed E-state index contributed by atoms with van der Waals surface area (Å²) in [6, 6.07) is 0. The lowest BCUT2D eigenvalue weighted by atomic mass is 9.58. The van der Waals surface area contributed by atoms with E-state index in [-0.39, 0.29) is 18.5 Å². The second kappa shape index (κ2) is 5.15. The highest BCUT2D eigenvalue weighted by atomic mass is 17.3. The van der Waals surface area contributed by atoms with E-state index in [1.54, 1.807) is 0 Å². The highest BCUT2D eigenvalue weighted by molar-refractivity contribution is 5.09. The molecule has 0 amide bonds. The molecular formula is C17H28O5. The largest absolute Gasteiger partial charge is 0.353 e. The van der Waals surface area contributed by atoms with Gasteiger partial charge in [-0.1, -0.05) is 13.8 Å². The van der Waals surface area contributed by atoms with E-state index in [1.807, 2.05) is 13.8 Å². The molecule has 5 aliphatic rings. The van der Waals surface area contributed by atoms with Crippen molar-refractivity contribution in [3.8, 4) is 0 Å². The van der Waals surface area contributed by atoms with Crippen LogP contribution in [0.5, 0.6) is 0 Å². The Morgan fingerprint density at radius 2 is 1.91 bits per heavy atom. The molecule has 0 radical (unpaired) electrons. The molecule has 8 atom stereocenters. The van der Waals surface area contributed by atoms with Crippen molar-refractivity contribution in [3.63, 3.8) is 0 Å². The Bertz CT molecular complexity index is 443. The molecule has 2 bridgehead atoms. The van der Waals surface area contributed by atoms with Crippen molar-refractivity contribution in [2.75, 3.05) is 6.61 Å². The zero-order valence-corrected chi connectivity index (χ0v) is 14.0. The van der Waals surface area contributed by atoms with E-state index in [4.69, 9.17) is 24.0 Å². The lowest BCUT2D eigenvalue weighted by molar-refractivity contribution is -0.577. The minimum atomic E-state index is -0.700. The van der Waals surface area contributed by atoms with Gasteiger partial charge in [0.05, 0.1) is 0 Å². The summed E-state index contributed by atoms with van der Waals surface area (Å²) in [6.07, 6.45) is 3.66. The Morgan fingerprint density at radius 3 is 2.68 bits per heavy atom. The quantitative estimate of drug-likeness (QED) is 0.733. The van der Waals surface area contributed by atoms with E-state index in [1.165, 1.54) is 6.42 Å². The van der Waals surface area contributed by atoms with Crippen molar-refractivity contribution < 1.29 is 24.0 Å². The zero-order valence-electron chi connectivity index (χ0n) is 14.0. The van der Waals surface area contributed by atoms with Crippen LogP contribution in [-0.4, -0.2) is 30.6 Å². The van der Waals surface area contributed by atoms with Gasteiger partial charge in [0.1, 0.15) is 0 Å². The molecule has 5 fully saturated rings. The van der Waals surface area contributed by atoms with E-state index >= 15 is 0 Å². The average molecular weight is 312 g/mol. The molecule has 0 aromatic heterocycles. The van der Waals surface area contributed by atoms with E-state index in [9.17, 15) is 0 Å². The third-order valence-corrected chi connectivity index (χ3v) is 6.43. The zero-order chi connectivity index (χ0) is 15.5. The number of ether oxygens (including phenoxy) is 3. The molecule has 1 saturated carbocycles. The SMILES string of the molecule is CCO[C@H]1O[C@@H]2O[C@]3(C)CCC4[C@H](C)CC[C@@H]([C@H]1C)C42OO3. The van der Waals surface area contributed by atoms with E-state index in [2.05, 4.69) is 13.8 Å². The monoisotopic (exact) mass is 312 g/mol. The van der Waals surface area contributed by atoms with Crippen LogP contribution in [0.15, 0.2) is 0 Å². The molecule has 5 heteroatoms. The Balaban J connectivity index is 1.75. The van der Waals surface area contributed by atoms with Gasteiger partial charge in [-0.25, -0.2) is 9.78 Å². The predicted molar refractivity (Wildman–Crippen MR) is 78.5 cm³/mol. The third-order valence-electron chi connectivity index (χ3n) is 6.43. The summed E-state index contributed by atoms with van der Waals surface area (Å²) in [5.41, 5.74) is -0.472. The van der Waals surface area contributed by atoms with E-state index in [0.717, 1.165) is 19.3 Å². The summed E-state index contributed by atoms with van der Waals surface area (Å²) in [7, 11) is 0. The summed E-state index contributed by atoms with van der Waals surface area (Å²) in [5.74, 6) is 0.957. The predicted octanol–water partition coefficient (Wildman–Crippen LogP) is 3.23. The molecule has 126 valence electrons. The van der Waals surface area contributed by atoms with Crippen molar-refractivity contribution in [1.29, 1.82) is 0 Å². The molecule has 4 heterocycles. The van der Waals surface area contributed by atoms with Crippen LogP contribution in [0.3, 0.4) is 0 Å². The van der Waals surface area contributed by atoms with Gasteiger partial charge in [0.25, 0.3) is 0 Å². The molecular weight excluding hydrogens is 284 g/mol. The van der Waals surface area contributed by atoms with E-state index < -0.39 is 11.4 Å². The third kappa shape index (κ3) is 1.96. The molecule has 0 N–H and O–H groups in total. The topological polar surface area (TPSA) is 46.2 Å². The van der Waals surface area contributed by atoms with Crippen LogP contribution < -0.4 is 0 Å². The Kier molecular flexibility index (Phi) is 3.59. The van der Waals surface area contributed by atoms with Gasteiger partial charge in [-0.3, -0.25) is 0 Å². The van der Waals surface area contributed by atoms with E-state index in [0.29, 0.717) is 24.4 Å². The second-order valence-corrected chi connectivity index (χ2v) is 7.73. The van der Waals surface area contributed by atoms with Gasteiger partial charge in [0.2, 0.25) is 5.79 Å². The molecule has 4 saturated heterocycles. The Morgan fingerprint density at radius 1 is 1.09 bits per heavy atom. The summed E-state index contributed by atoms with van der Waals surface area (Å²) < 4.78 is 18.3. The molecule has 0 aromatic rings. The molecule has 5 rings (SSSR count). The summed E-state index contributed by atoms with van der Waals surface area (Å²) in [5, 5.41) is 0. The standard InChI is InChI=1S/C17H28O5/c1-5-18-14-11(3)13-7-6-10(2)12-8-9-16(4)20-15(19-14)17(12,13)22-21-16/h10-15H,5-9H2,1-4H3/t10-,11-,12?,13+,14+,15-,16+,17?/m1/s1. The minimum absolute atomic E-state index is 0.216. The molecule has 1 spiro atoms. The maximum absolute atomic E-state index is 6.25. The maximum atomic E-state index is 6.25. The van der Waals surface area contributed by atoms with Crippen molar-refractivity contribution in [1.82, 2.24) is 0 Å². The first-order valence-electron chi connectivity index (χ1n) is 8.82. The van der Waals surface area contributed by atoms with Crippen LogP contribution in [0.4, 0.5) is 0 Å². The van der Waals surface area contributed by atoms with Gasteiger partial charge in [-0.15, -0.1) is 0 Å². The fraction of sp³-hybridized carbons (Fsp3) is 1.00. The number of fused-ring (bicyclic) bond motifs is 2. The van der Waals surface area contributed by atoms with Crippen LogP contribution in [0.1, 0.15) is 53.4 Å². The summed E-state index contributed by atoms with van der Waals surface area (Å²) in [4.78, 5) is 11.9. The first kappa shape index (κ1) is 15.3. The molecule has 1 aliphatic carbocycles. The van der Waals surface area contributed by atoms with Gasteiger partial charge in [-0.05, 0) is 44.9 Å². The smallest absolute Gasteiger partial charge is 0.201 e. The summed E-state index contributed by atoms with van der Waals surface area (Å²) in [6.45, 7) is 9.15. The average Bonchev–Trinajstić information content (AvgIpc) is 2.71. The van der Waals surface area contributed by atoms with Crippen molar-refractivity contribution in [2.45, 2.75) is 77.3 Å². The molecule has 4 aliphatic heterocycles. The van der Waals surface area contributed by atoms with Crippen LogP contribution in [0.25, 0.3) is 0 Å². The van der Waals surface area contributed by atoms with Crippen molar-refractivity contribution >= 4 is 0 Å². The first-order chi connectivity index (χ1) is 10.5. The maximum Gasteiger partial charge on any atom is 0.201 e. The lowest BCUT2D eigenvalue weighted by Crippen LogP contribution is -2.70. The number of hydrogen-bond donors (Lipinski definition) is 0. The molecule has 5 nitrogen and oxygen atoms in total. The van der Waals surface area contributed by atoms with Gasteiger partial charge in [0, 0.05) is 24.9 Å². The number of hydrogen-bond acceptors (Lipinski definition) is 5. The fourth-order valence-corrected chi connectivity index (χ4v) is 5.23. The highest BCUT2D eigenvalue weighted by Crippen LogP contribution is 2.60.